The number of benzene rings is 2. The number of carbonyl (C=O) groups is 2. The summed E-state index contributed by atoms with van der Waals surface area (Å²) in [5, 5.41) is 26.7. The van der Waals surface area contributed by atoms with Crippen LogP contribution < -0.4 is 0 Å². The third kappa shape index (κ3) is 9.51. The van der Waals surface area contributed by atoms with Gasteiger partial charge in [-0.05, 0) is 155 Å². The second-order valence-electron chi connectivity index (χ2n) is 20.5. The Morgan fingerprint density at radius 1 is 0.935 bits per heavy atom. The van der Waals surface area contributed by atoms with E-state index in [1.165, 1.54) is 63.5 Å². The van der Waals surface area contributed by atoms with Crippen LogP contribution in [0, 0.1) is 46.3 Å². The van der Waals surface area contributed by atoms with Gasteiger partial charge in [0.1, 0.15) is 5.60 Å². The number of carboxylic acids is 2. The molecule has 3 saturated heterocycles. The molecule has 6 fully saturated rings. The Morgan fingerprint density at radius 3 is 2.26 bits per heavy atom. The average molecular weight is 875 g/mol. The first-order valence-corrected chi connectivity index (χ1v) is 23.9. The van der Waals surface area contributed by atoms with E-state index in [1.807, 2.05) is 18.2 Å². The van der Waals surface area contributed by atoms with Gasteiger partial charge in [0.15, 0.2) is 5.79 Å². The molecule has 0 aromatic heterocycles. The van der Waals surface area contributed by atoms with Gasteiger partial charge < -0.3 is 34.4 Å². The van der Waals surface area contributed by atoms with Crippen molar-refractivity contribution in [3.05, 3.63) is 94.5 Å². The second-order valence-corrected chi connectivity index (χ2v) is 20.9. The summed E-state index contributed by atoms with van der Waals surface area (Å²) < 4.78 is 19.8. The van der Waals surface area contributed by atoms with Gasteiger partial charge in [-0.15, -0.1) is 0 Å². The first-order chi connectivity index (χ1) is 29.5. The molecule has 1 spiro atoms. The number of hydrogen-bond donors (Lipinski definition) is 3. The lowest BCUT2D eigenvalue weighted by molar-refractivity contribution is -0.272. The van der Waals surface area contributed by atoms with E-state index in [9.17, 15) is 14.7 Å². The van der Waals surface area contributed by atoms with Crippen molar-refractivity contribution in [2.75, 3.05) is 26.8 Å². The lowest BCUT2D eigenvalue weighted by Crippen LogP contribution is -2.50. The smallest absolute Gasteiger partial charge is 0.328 e. The molecule has 13 unspecified atom stereocenters. The molecular weight excluding hydrogens is 802 g/mol. The van der Waals surface area contributed by atoms with E-state index in [0.29, 0.717) is 58.8 Å². The number of halogens is 1. The van der Waals surface area contributed by atoms with E-state index in [1.54, 1.807) is 5.57 Å². The molecule has 3 N–H and O–H groups in total. The quantitative estimate of drug-likeness (QED) is 0.176. The maximum atomic E-state index is 10.3. The van der Waals surface area contributed by atoms with Crippen LogP contribution in [0.2, 0.25) is 5.02 Å². The summed E-state index contributed by atoms with van der Waals surface area (Å²) >= 11 is 6.07. The summed E-state index contributed by atoms with van der Waals surface area (Å²) in [4.78, 5) is 21.6. The summed E-state index contributed by atoms with van der Waals surface area (Å²) in [6.45, 7) is 14.9. The highest BCUT2D eigenvalue weighted by Gasteiger charge is 2.68. The maximum absolute atomic E-state index is 10.3. The Balaban J connectivity index is 0.000000162. The number of allylic oxidation sites excluding steroid dienone is 2. The molecule has 9 nitrogen and oxygen atoms in total. The van der Waals surface area contributed by atoms with Gasteiger partial charge in [0.25, 0.3) is 0 Å². The first-order valence-electron chi connectivity index (χ1n) is 23.5. The van der Waals surface area contributed by atoms with Crippen LogP contribution in [0.25, 0.3) is 0 Å². The summed E-state index contributed by atoms with van der Waals surface area (Å²) in [5.41, 5.74) is 4.31. The van der Waals surface area contributed by atoms with Gasteiger partial charge in [0.05, 0.1) is 18.8 Å². The molecule has 7 aliphatic rings. The third-order valence-corrected chi connectivity index (χ3v) is 17.1. The molecule has 0 radical (unpaired) electrons. The number of fused-ring (bicyclic) bond motifs is 7. The van der Waals surface area contributed by atoms with Crippen molar-refractivity contribution in [3.63, 3.8) is 0 Å². The molecule has 62 heavy (non-hydrogen) atoms. The molecule has 3 heterocycles. The molecule has 4 aliphatic carbocycles. The number of hydrogen-bond acceptors (Lipinski definition) is 7. The monoisotopic (exact) mass is 873 g/mol. The highest BCUT2D eigenvalue weighted by atomic mass is 35.5. The predicted molar refractivity (Wildman–Crippen MR) is 243 cm³/mol. The summed E-state index contributed by atoms with van der Waals surface area (Å²) in [6.07, 6.45) is 18.4. The molecule has 3 aliphatic heterocycles. The number of rotatable bonds is 8. The van der Waals surface area contributed by atoms with E-state index in [-0.39, 0.29) is 11.9 Å². The highest BCUT2D eigenvalue weighted by Crippen LogP contribution is 2.70. The van der Waals surface area contributed by atoms with Gasteiger partial charge in [-0.3, -0.25) is 0 Å². The summed E-state index contributed by atoms with van der Waals surface area (Å²) in [7, 11) is 2.22. The van der Waals surface area contributed by atoms with Crippen LogP contribution >= 0.6 is 11.6 Å². The van der Waals surface area contributed by atoms with Crippen LogP contribution in [0.1, 0.15) is 123 Å². The standard InChI is InChI=1S/C27H42O3.C21H26ClNO.C4H4O4/c1-16-7-12-27(29-15-16)17(2)24-23(30-27)14-22-20-6-5-18-13-19(28)8-10-25(18,3)21(20)9-11-26(22,24)4;1-21(17-7-4-3-5-8-17,18-10-12-19(22)13-11-18)24-16-14-20-9-6-15-23(20)2;5-3(6)1-2-4(7)8/h9,16-20,22-24,28H,5-8,10-15H2,1-4H3;3-5,7-8,10-13,20H,6,9,14-16H2,1-2H3;1-2H,(H,5,6)(H,7,8). The van der Waals surface area contributed by atoms with E-state index in [4.69, 9.17) is 36.0 Å². The van der Waals surface area contributed by atoms with Crippen LogP contribution in [0.3, 0.4) is 0 Å². The number of likely N-dealkylation sites (tertiary alicyclic amines) is 1. The van der Waals surface area contributed by atoms with E-state index >= 15 is 0 Å². The van der Waals surface area contributed by atoms with Crippen molar-refractivity contribution in [2.24, 2.45) is 46.3 Å². The predicted octanol–water partition coefficient (Wildman–Crippen LogP) is 10.5. The van der Waals surface area contributed by atoms with Crippen molar-refractivity contribution in [2.45, 2.75) is 141 Å². The van der Waals surface area contributed by atoms with Gasteiger partial charge >= 0.3 is 11.9 Å². The number of nitrogens with zero attached hydrogens (tertiary/aromatic N) is 1. The van der Waals surface area contributed by atoms with Crippen LogP contribution in [-0.4, -0.2) is 83.0 Å². The van der Waals surface area contributed by atoms with Crippen LogP contribution in [0.15, 0.2) is 78.4 Å². The van der Waals surface area contributed by atoms with Crippen LogP contribution in [0.4, 0.5) is 0 Å². The Hall–Kier alpha value is -3.05. The molecule has 2 aromatic carbocycles. The van der Waals surface area contributed by atoms with E-state index < -0.39 is 17.5 Å². The Morgan fingerprint density at radius 2 is 1.63 bits per heavy atom. The molecule has 0 amide bonds. The number of ether oxygens (including phenoxy) is 3. The largest absolute Gasteiger partial charge is 0.478 e. The minimum Gasteiger partial charge on any atom is -0.478 e. The molecule has 0 bridgehead atoms. The number of aliphatic hydroxyl groups excluding tert-OH is 1. The highest BCUT2D eigenvalue weighted by molar-refractivity contribution is 6.30. The Bertz CT molecular complexity index is 1900. The van der Waals surface area contributed by atoms with Crippen LogP contribution in [0.5, 0.6) is 0 Å². The minimum atomic E-state index is -1.26. The zero-order valence-corrected chi connectivity index (χ0v) is 38.7. The normalized spacial score (nSPS) is 38.3. The van der Waals surface area contributed by atoms with Crippen molar-refractivity contribution in [1.82, 2.24) is 4.90 Å². The zero-order valence-electron chi connectivity index (χ0n) is 37.9. The van der Waals surface area contributed by atoms with Gasteiger partial charge in [0.2, 0.25) is 0 Å². The third-order valence-electron chi connectivity index (χ3n) is 16.9. The van der Waals surface area contributed by atoms with Gasteiger partial charge in [0, 0.05) is 42.2 Å². The van der Waals surface area contributed by atoms with E-state index in [0.717, 1.165) is 61.3 Å². The zero-order chi connectivity index (χ0) is 44.5. The number of aliphatic carboxylic acids is 2. The Labute approximate surface area is 375 Å². The summed E-state index contributed by atoms with van der Waals surface area (Å²) in [5.74, 6) is 1.17. The van der Waals surface area contributed by atoms with Gasteiger partial charge in [-0.25, -0.2) is 9.59 Å². The fourth-order valence-electron chi connectivity index (χ4n) is 13.3. The SMILES string of the molecule is CC1CCC2(OC1)OC1CC3C4CCC5CC(O)CCC5(C)C4=CCC3(C)C1C2C.CN1CCCC1CCOC(C)(c1ccccc1)c1ccc(Cl)cc1.O=C(O)C=CC(=O)O. The lowest BCUT2D eigenvalue weighted by atomic mass is 9.48. The molecular formula is C52H72ClNO8. The molecule has 10 heteroatoms. The molecule has 340 valence electrons. The van der Waals surface area contributed by atoms with Gasteiger partial charge in [-0.2, -0.15) is 0 Å². The topological polar surface area (TPSA) is 126 Å². The van der Waals surface area contributed by atoms with Crippen molar-refractivity contribution in [1.29, 1.82) is 0 Å². The molecule has 13 atom stereocenters. The van der Waals surface area contributed by atoms with E-state index in [2.05, 4.69) is 89.0 Å². The maximum Gasteiger partial charge on any atom is 0.328 e. The average Bonchev–Trinajstić information content (AvgIpc) is 3.89. The number of aliphatic hydroxyl groups is 1. The first kappa shape index (κ1) is 46.9. The van der Waals surface area contributed by atoms with Gasteiger partial charge in [-0.1, -0.05) is 93.4 Å². The number of carboxylic acid groups (broad SMARTS) is 2. The van der Waals surface area contributed by atoms with Crippen molar-refractivity contribution < 1.29 is 39.1 Å². The molecule has 3 saturated carbocycles. The fraction of sp³-hybridized carbons (Fsp3) is 0.654. The van der Waals surface area contributed by atoms with Crippen LogP contribution in [-0.2, 0) is 29.4 Å². The molecule has 9 rings (SSSR count). The van der Waals surface area contributed by atoms with Crippen molar-refractivity contribution >= 4 is 23.5 Å². The summed E-state index contributed by atoms with van der Waals surface area (Å²) in [6, 6.07) is 19.1. The lowest BCUT2D eigenvalue weighted by Gasteiger charge is -2.57. The van der Waals surface area contributed by atoms with Crippen molar-refractivity contribution in [3.8, 4) is 0 Å². The molecule has 2 aromatic rings. The second kappa shape index (κ2) is 19.2. The minimum absolute atomic E-state index is 0.0661. The Kier molecular flexibility index (Phi) is 14.5. The fourth-order valence-corrected chi connectivity index (χ4v) is 13.4.